The second-order valence-corrected chi connectivity index (χ2v) is 6.29. The second-order valence-electron chi connectivity index (χ2n) is 6.29. The van der Waals surface area contributed by atoms with Gasteiger partial charge in [-0.2, -0.15) is 0 Å². The van der Waals surface area contributed by atoms with Gasteiger partial charge >= 0.3 is 5.97 Å². The van der Waals surface area contributed by atoms with Gasteiger partial charge in [-0.15, -0.1) is 0 Å². The van der Waals surface area contributed by atoms with E-state index in [0.717, 1.165) is 12.0 Å². The van der Waals surface area contributed by atoms with E-state index in [-0.39, 0.29) is 19.1 Å². The van der Waals surface area contributed by atoms with E-state index in [1.165, 1.54) is 12.7 Å². The van der Waals surface area contributed by atoms with Crippen LogP contribution in [0, 0.1) is 5.41 Å². The third-order valence-corrected chi connectivity index (χ3v) is 4.56. The number of benzene rings is 1. The van der Waals surface area contributed by atoms with Crippen molar-refractivity contribution in [2.45, 2.75) is 32.6 Å². The van der Waals surface area contributed by atoms with Gasteiger partial charge in [-0.1, -0.05) is 31.2 Å². The van der Waals surface area contributed by atoms with E-state index in [1.807, 2.05) is 24.3 Å². The number of rotatable bonds is 6. The molecule has 1 fully saturated rings. The molecule has 0 saturated carbocycles. The topological polar surface area (TPSA) is 66.8 Å². The number of ether oxygens (including phenoxy) is 1. The minimum atomic E-state index is -0.978. The minimum Gasteiger partial charge on any atom is -0.481 e. The van der Waals surface area contributed by atoms with Gasteiger partial charge in [-0.25, -0.2) is 0 Å². The van der Waals surface area contributed by atoms with Crippen LogP contribution in [0.2, 0.25) is 0 Å². The number of methoxy groups -OCH3 is 1. The third kappa shape index (κ3) is 4.10. The lowest BCUT2D eigenvalue weighted by Crippen LogP contribution is -2.52. The van der Waals surface area contributed by atoms with Crippen LogP contribution in [0.4, 0.5) is 0 Å². The minimum absolute atomic E-state index is 0.0142. The summed E-state index contributed by atoms with van der Waals surface area (Å²) in [5, 5.41) is 9.56. The summed E-state index contributed by atoms with van der Waals surface area (Å²) in [6.07, 6.45) is 2.49. The number of hydrogen-bond acceptors (Lipinski definition) is 3. The summed E-state index contributed by atoms with van der Waals surface area (Å²) in [6.45, 7) is 3.06. The maximum Gasteiger partial charge on any atom is 0.313 e. The predicted molar refractivity (Wildman–Crippen MR) is 87.3 cm³/mol. The first-order valence-electron chi connectivity index (χ1n) is 8.08. The Balaban J connectivity index is 2.08. The largest absolute Gasteiger partial charge is 0.481 e. The predicted octanol–water partition coefficient (Wildman–Crippen LogP) is 2.13. The fraction of sp³-hybridized carbons (Fsp3) is 0.556. The Morgan fingerprint density at radius 1 is 1.35 bits per heavy atom. The molecule has 2 rings (SSSR count). The average Bonchev–Trinajstić information content (AvgIpc) is 2.55. The molecule has 1 amide bonds. The van der Waals surface area contributed by atoms with Crippen molar-refractivity contribution in [2.24, 2.45) is 5.41 Å². The number of carboxylic acid groups (broad SMARTS) is 1. The zero-order chi connectivity index (χ0) is 16.9. The van der Waals surface area contributed by atoms with E-state index in [1.54, 1.807) is 4.90 Å². The van der Waals surface area contributed by atoms with Crippen LogP contribution in [0.15, 0.2) is 24.3 Å². The van der Waals surface area contributed by atoms with Crippen LogP contribution >= 0.6 is 0 Å². The van der Waals surface area contributed by atoms with Gasteiger partial charge in [-0.05, 0) is 30.4 Å². The number of carbonyl (C=O) groups excluding carboxylic acids is 1. The lowest BCUT2D eigenvalue weighted by atomic mass is 9.80. The van der Waals surface area contributed by atoms with Gasteiger partial charge in [0.2, 0.25) is 5.91 Å². The molecule has 1 aromatic rings. The van der Waals surface area contributed by atoms with Gasteiger partial charge in [0.1, 0.15) is 5.41 Å². The summed E-state index contributed by atoms with van der Waals surface area (Å²) >= 11 is 0. The Bertz CT molecular complexity index is 568. The molecule has 1 N–H and O–H groups in total. The van der Waals surface area contributed by atoms with Crippen LogP contribution in [0.5, 0.6) is 0 Å². The zero-order valence-electron chi connectivity index (χ0n) is 13.9. The summed E-state index contributed by atoms with van der Waals surface area (Å²) in [5.41, 5.74) is 1.20. The Morgan fingerprint density at radius 3 is 2.74 bits per heavy atom. The molecule has 0 spiro atoms. The van der Waals surface area contributed by atoms with Crippen molar-refractivity contribution in [2.75, 3.05) is 26.8 Å². The van der Waals surface area contributed by atoms with Crippen molar-refractivity contribution in [3.63, 3.8) is 0 Å². The first kappa shape index (κ1) is 17.5. The third-order valence-electron chi connectivity index (χ3n) is 4.56. The molecule has 1 heterocycles. The fourth-order valence-corrected chi connectivity index (χ4v) is 3.22. The summed E-state index contributed by atoms with van der Waals surface area (Å²) in [7, 11) is 1.50. The smallest absolute Gasteiger partial charge is 0.313 e. The molecule has 0 aromatic heterocycles. The van der Waals surface area contributed by atoms with E-state index >= 15 is 0 Å². The van der Waals surface area contributed by atoms with Crippen LogP contribution in [-0.4, -0.2) is 48.7 Å². The van der Waals surface area contributed by atoms with E-state index < -0.39 is 11.4 Å². The highest BCUT2D eigenvalue weighted by molar-refractivity contribution is 5.81. The molecule has 126 valence electrons. The highest BCUT2D eigenvalue weighted by Gasteiger charge is 2.43. The summed E-state index contributed by atoms with van der Waals surface area (Å²) in [6, 6.07) is 8.00. The maximum atomic E-state index is 12.6. The zero-order valence-corrected chi connectivity index (χ0v) is 13.9. The first-order valence-corrected chi connectivity index (χ1v) is 8.08. The number of piperidine rings is 1. The Hall–Kier alpha value is -1.88. The van der Waals surface area contributed by atoms with Crippen molar-refractivity contribution in [1.29, 1.82) is 0 Å². The van der Waals surface area contributed by atoms with Crippen LogP contribution in [0.1, 0.15) is 30.9 Å². The van der Waals surface area contributed by atoms with Crippen LogP contribution in [0.3, 0.4) is 0 Å². The van der Waals surface area contributed by atoms with Crippen molar-refractivity contribution in [1.82, 2.24) is 4.90 Å². The van der Waals surface area contributed by atoms with Gasteiger partial charge in [0.05, 0.1) is 13.0 Å². The standard InChI is InChI=1S/C18H25NO4/c1-3-14-6-4-7-15(10-14)11-16(20)19-9-5-8-18(12-19,13-23-2)17(21)22/h4,6-7,10H,3,5,8-9,11-13H2,1-2H3,(H,21,22). The van der Waals surface area contributed by atoms with E-state index in [0.29, 0.717) is 25.8 Å². The fourth-order valence-electron chi connectivity index (χ4n) is 3.22. The van der Waals surface area contributed by atoms with Gasteiger partial charge in [0.15, 0.2) is 0 Å². The number of aryl methyl sites for hydroxylation is 1. The summed E-state index contributed by atoms with van der Waals surface area (Å²) in [4.78, 5) is 25.9. The van der Waals surface area contributed by atoms with Crippen molar-refractivity contribution >= 4 is 11.9 Å². The first-order chi connectivity index (χ1) is 11.0. The number of nitrogens with zero attached hydrogens (tertiary/aromatic N) is 1. The van der Waals surface area contributed by atoms with Crippen LogP contribution in [0.25, 0.3) is 0 Å². The molecule has 23 heavy (non-hydrogen) atoms. The SMILES string of the molecule is CCc1cccc(CC(=O)N2CCCC(COC)(C(=O)O)C2)c1. The summed E-state index contributed by atoms with van der Waals surface area (Å²) < 4.78 is 5.10. The Morgan fingerprint density at radius 2 is 2.09 bits per heavy atom. The molecule has 1 atom stereocenters. The van der Waals surface area contributed by atoms with Crippen molar-refractivity contribution < 1.29 is 19.4 Å². The molecule has 1 unspecified atom stereocenters. The van der Waals surface area contributed by atoms with Gasteiger partial charge < -0.3 is 14.7 Å². The highest BCUT2D eigenvalue weighted by atomic mass is 16.5. The number of aliphatic carboxylic acids is 1. The second kappa shape index (κ2) is 7.59. The molecule has 0 bridgehead atoms. The summed E-state index contributed by atoms with van der Waals surface area (Å²) in [5.74, 6) is -0.899. The number of carboxylic acids is 1. The Kier molecular flexibility index (Phi) is 5.77. The quantitative estimate of drug-likeness (QED) is 0.872. The maximum absolute atomic E-state index is 12.6. The highest BCUT2D eigenvalue weighted by Crippen LogP contribution is 2.31. The monoisotopic (exact) mass is 319 g/mol. The number of amides is 1. The molecule has 1 aliphatic rings. The number of likely N-dealkylation sites (tertiary alicyclic amines) is 1. The van der Waals surface area contributed by atoms with E-state index in [4.69, 9.17) is 4.74 Å². The molecule has 1 aliphatic heterocycles. The number of hydrogen-bond donors (Lipinski definition) is 1. The molecule has 1 saturated heterocycles. The molecule has 5 heteroatoms. The van der Waals surface area contributed by atoms with Gasteiger partial charge in [0.25, 0.3) is 0 Å². The number of carbonyl (C=O) groups is 2. The lowest BCUT2D eigenvalue weighted by Gasteiger charge is -2.39. The normalized spacial score (nSPS) is 21.2. The van der Waals surface area contributed by atoms with E-state index in [9.17, 15) is 14.7 Å². The van der Waals surface area contributed by atoms with Crippen LogP contribution < -0.4 is 0 Å². The average molecular weight is 319 g/mol. The molecule has 0 radical (unpaired) electrons. The molecular weight excluding hydrogens is 294 g/mol. The van der Waals surface area contributed by atoms with Gasteiger partial charge in [0, 0.05) is 20.2 Å². The Labute approximate surface area is 137 Å². The van der Waals surface area contributed by atoms with Crippen LogP contribution in [-0.2, 0) is 27.2 Å². The van der Waals surface area contributed by atoms with E-state index in [2.05, 4.69) is 6.92 Å². The lowest BCUT2D eigenvalue weighted by molar-refractivity contribution is -0.159. The van der Waals surface area contributed by atoms with Gasteiger partial charge in [-0.3, -0.25) is 9.59 Å². The molecule has 1 aromatic carbocycles. The molecule has 0 aliphatic carbocycles. The van der Waals surface area contributed by atoms with Crippen molar-refractivity contribution in [3.05, 3.63) is 35.4 Å². The molecule has 5 nitrogen and oxygen atoms in total. The van der Waals surface area contributed by atoms with Crippen molar-refractivity contribution in [3.8, 4) is 0 Å². The molecular formula is C18H25NO4.